The van der Waals surface area contributed by atoms with Crippen LogP contribution >= 0.6 is 0 Å². The van der Waals surface area contributed by atoms with Gasteiger partial charge in [-0.25, -0.2) is 0 Å². The van der Waals surface area contributed by atoms with E-state index in [2.05, 4.69) is 11.8 Å². The lowest BCUT2D eigenvalue weighted by Gasteiger charge is -2.41. The summed E-state index contributed by atoms with van der Waals surface area (Å²) in [4.78, 5) is 2.30. The van der Waals surface area contributed by atoms with Crippen LogP contribution in [0.2, 0.25) is 0 Å². The molecule has 0 amide bonds. The number of morpholine rings is 1. The van der Waals surface area contributed by atoms with Crippen molar-refractivity contribution in [1.29, 1.82) is 0 Å². The second-order valence-electron chi connectivity index (χ2n) is 5.38. The molecule has 2 N–H and O–H groups in total. The normalized spacial score (nSPS) is 39.7. The van der Waals surface area contributed by atoms with Crippen LogP contribution in [0.1, 0.15) is 13.3 Å². The third kappa shape index (κ3) is 2.98. The lowest BCUT2D eigenvalue weighted by Crippen LogP contribution is -2.53. The zero-order chi connectivity index (χ0) is 12.3. The minimum absolute atomic E-state index is 0.0614. The Morgan fingerprint density at radius 2 is 2.24 bits per heavy atom. The van der Waals surface area contributed by atoms with E-state index in [1.807, 2.05) is 0 Å². The van der Waals surface area contributed by atoms with Gasteiger partial charge in [0.1, 0.15) is 0 Å². The van der Waals surface area contributed by atoms with Gasteiger partial charge in [0.05, 0.1) is 32.5 Å². The molecule has 2 fully saturated rings. The summed E-state index contributed by atoms with van der Waals surface area (Å²) < 4.78 is 10.9. The van der Waals surface area contributed by atoms with Crippen LogP contribution in [0.25, 0.3) is 0 Å². The maximum atomic E-state index is 9.57. The van der Waals surface area contributed by atoms with Gasteiger partial charge < -0.3 is 19.7 Å². The van der Waals surface area contributed by atoms with Gasteiger partial charge in [-0.1, -0.05) is 0 Å². The number of hydrogen-bond acceptors (Lipinski definition) is 5. The van der Waals surface area contributed by atoms with Crippen LogP contribution in [0.3, 0.4) is 0 Å². The van der Waals surface area contributed by atoms with Crippen LogP contribution in [-0.4, -0.2) is 73.4 Å². The van der Waals surface area contributed by atoms with Gasteiger partial charge in [0.15, 0.2) is 0 Å². The van der Waals surface area contributed by atoms with Gasteiger partial charge in [0, 0.05) is 31.2 Å². The summed E-state index contributed by atoms with van der Waals surface area (Å²) in [6.07, 6.45) is 0.821. The van der Waals surface area contributed by atoms with Crippen LogP contribution in [0.4, 0.5) is 0 Å². The average Bonchev–Trinajstić information content (AvgIpc) is 2.81. The lowest BCUT2D eigenvalue weighted by atomic mass is 9.87. The maximum Gasteiger partial charge on any atom is 0.0933 e. The molecule has 2 aliphatic heterocycles. The van der Waals surface area contributed by atoms with E-state index in [-0.39, 0.29) is 24.7 Å². The minimum Gasteiger partial charge on any atom is -0.396 e. The van der Waals surface area contributed by atoms with E-state index in [0.29, 0.717) is 19.3 Å². The quantitative estimate of drug-likeness (QED) is 0.697. The SMILES string of the molecule is CC1COC(CO)CN1CC1(CO)CCOC1. The number of rotatable bonds is 4. The van der Waals surface area contributed by atoms with Gasteiger partial charge >= 0.3 is 0 Å². The van der Waals surface area contributed by atoms with E-state index in [0.717, 1.165) is 26.1 Å². The molecule has 2 aliphatic rings. The molecule has 0 aromatic heterocycles. The monoisotopic (exact) mass is 245 g/mol. The second kappa shape index (κ2) is 5.63. The van der Waals surface area contributed by atoms with Crippen LogP contribution in [0.5, 0.6) is 0 Å². The Labute approximate surface area is 102 Å². The zero-order valence-corrected chi connectivity index (χ0v) is 10.5. The van der Waals surface area contributed by atoms with Crippen molar-refractivity contribution in [3.05, 3.63) is 0 Å². The van der Waals surface area contributed by atoms with Crippen molar-refractivity contribution < 1.29 is 19.7 Å². The van der Waals surface area contributed by atoms with Crippen molar-refractivity contribution in [2.45, 2.75) is 25.5 Å². The summed E-state index contributed by atoms with van der Waals surface area (Å²) in [6.45, 7) is 5.93. The van der Waals surface area contributed by atoms with Crippen molar-refractivity contribution in [3.63, 3.8) is 0 Å². The summed E-state index contributed by atoms with van der Waals surface area (Å²) in [5.41, 5.74) is -0.119. The first-order chi connectivity index (χ1) is 8.19. The van der Waals surface area contributed by atoms with Gasteiger partial charge in [0.25, 0.3) is 0 Å². The molecule has 100 valence electrons. The largest absolute Gasteiger partial charge is 0.396 e. The fourth-order valence-electron chi connectivity index (χ4n) is 2.59. The summed E-state index contributed by atoms with van der Waals surface area (Å²) in [5, 5.41) is 18.7. The van der Waals surface area contributed by atoms with E-state index in [1.165, 1.54) is 0 Å². The molecule has 5 heteroatoms. The minimum atomic E-state index is -0.119. The summed E-state index contributed by atoms with van der Waals surface area (Å²) >= 11 is 0. The predicted molar refractivity (Wildman–Crippen MR) is 62.8 cm³/mol. The van der Waals surface area contributed by atoms with Crippen molar-refractivity contribution >= 4 is 0 Å². The Hall–Kier alpha value is -0.200. The Morgan fingerprint density at radius 3 is 2.82 bits per heavy atom. The molecule has 3 atom stereocenters. The number of aliphatic hydroxyl groups excluding tert-OH is 2. The molecule has 0 bridgehead atoms. The Kier molecular flexibility index (Phi) is 4.38. The first kappa shape index (κ1) is 13.2. The van der Waals surface area contributed by atoms with Crippen molar-refractivity contribution in [1.82, 2.24) is 4.90 Å². The average molecular weight is 245 g/mol. The Bertz CT molecular complexity index is 243. The van der Waals surface area contributed by atoms with Gasteiger partial charge in [-0.2, -0.15) is 0 Å². The Balaban J connectivity index is 1.95. The molecule has 17 heavy (non-hydrogen) atoms. The topological polar surface area (TPSA) is 62.2 Å². The molecular formula is C12H23NO4. The van der Waals surface area contributed by atoms with Gasteiger partial charge in [-0.3, -0.25) is 4.90 Å². The third-order valence-electron chi connectivity index (χ3n) is 3.90. The zero-order valence-electron chi connectivity index (χ0n) is 10.5. The highest BCUT2D eigenvalue weighted by atomic mass is 16.5. The predicted octanol–water partition coefficient (Wildman–Crippen LogP) is -0.533. The van der Waals surface area contributed by atoms with Gasteiger partial charge in [0.2, 0.25) is 0 Å². The van der Waals surface area contributed by atoms with Crippen LogP contribution in [0, 0.1) is 5.41 Å². The highest BCUT2D eigenvalue weighted by molar-refractivity contribution is 4.89. The van der Waals surface area contributed by atoms with E-state index in [9.17, 15) is 5.11 Å². The third-order valence-corrected chi connectivity index (χ3v) is 3.90. The molecule has 0 aromatic rings. The molecule has 0 aromatic carbocycles. The van der Waals surface area contributed by atoms with Crippen molar-refractivity contribution in [2.24, 2.45) is 5.41 Å². The van der Waals surface area contributed by atoms with Crippen molar-refractivity contribution in [3.8, 4) is 0 Å². The lowest BCUT2D eigenvalue weighted by molar-refractivity contribution is -0.0921. The second-order valence-corrected chi connectivity index (χ2v) is 5.38. The van der Waals surface area contributed by atoms with Gasteiger partial charge in [-0.05, 0) is 13.3 Å². The molecule has 2 heterocycles. The maximum absolute atomic E-state index is 9.57. The number of ether oxygens (including phenoxy) is 2. The van der Waals surface area contributed by atoms with Crippen LogP contribution in [0.15, 0.2) is 0 Å². The standard InChI is InChI=1S/C12H23NO4/c1-10-6-17-11(5-14)4-13(10)7-12(8-15)2-3-16-9-12/h10-11,14-15H,2-9H2,1H3. The van der Waals surface area contributed by atoms with E-state index in [1.54, 1.807) is 0 Å². The summed E-state index contributed by atoms with van der Waals surface area (Å²) in [6, 6.07) is 0.335. The van der Waals surface area contributed by atoms with E-state index < -0.39 is 0 Å². The molecule has 0 radical (unpaired) electrons. The number of aliphatic hydroxyl groups is 2. The molecule has 5 nitrogen and oxygen atoms in total. The first-order valence-corrected chi connectivity index (χ1v) is 6.34. The highest BCUT2D eigenvalue weighted by Crippen LogP contribution is 2.30. The van der Waals surface area contributed by atoms with E-state index in [4.69, 9.17) is 14.6 Å². The van der Waals surface area contributed by atoms with Gasteiger partial charge in [-0.15, -0.1) is 0 Å². The van der Waals surface area contributed by atoms with Crippen LogP contribution < -0.4 is 0 Å². The first-order valence-electron chi connectivity index (χ1n) is 6.34. The molecule has 3 unspecified atom stereocenters. The molecular weight excluding hydrogens is 222 g/mol. The number of nitrogens with zero attached hydrogens (tertiary/aromatic N) is 1. The molecule has 0 saturated carbocycles. The van der Waals surface area contributed by atoms with Crippen LogP contribution in [-0.2, 0) is 9.47 Å². The molecule has 0 aliphatic carbocycles. The number of hydrogen-bond donors (Lipinski definition) is 2. The molecule has 0 spiro atoms. The van der Waals surface area contributed by atoms with Crippen molar-refractivity contribution in [2.75, 3.05) is 46.1 Å². The highest BCUT2D eigenvalue weighted by Gasteiger charge is 2.38. The summed E-state index contributed by atoms with van der Waals surface area (Å²) in [5.74, 6) is 0. The molecule has 2 rings (SSSR count). The Morgan fingerprint density at radius 1 is 1.41 bits per heavy atom. The molecule has 2 saturated heterocycles. The van der Waals surface area contributed by atoms with E-state index >= 15 is 0 Å². The fraction of sp³-hybridized carbons (Fsp3) is 1.00. The fourth-order valence-corrected chi connectivity index (χ4v) is 2.59. The summed E-state index contributed by atoms with van der Waals surface area (Å²) in [7, 11) is 0. The smallest absolute Gasteiger partial charge is 0.0933 e.